The highest BCUT2D eigenvalue weighted by Crippen LogP contribution is 2.37. The Balaban J connectivity index is 1.80. The number of carbonyl (C=O) groups is 1. The van der Waals surface area contributed by atoms with Crippen LogP contribution in [0.5, 0.6) is 0 Å². The lowest BCUT2D eigenvalue weighted by Crippen LogP contribution is -2.45. The summed E-state index contributed by atoms with van der Waals surface area (Å²) < 4.78 is 5.31. The number of aliphatic hydroxyl groups excluding tert-OH is 1. The predicted molar refractivity (Wildman–Crippen MR) is 64.5 cm³/mol. The Labute approximate surface area is 103 Å². The van der Waals surface area contributed by atoms with Crippen molar-refractivity contribution in [2.75, 3.05) is 26.4 Å². The van der Waals surface area contributed by atoms with Crippen LogP contribution in [0.2, 0.25) is 0 Å². The third-order valence-electron chi connectivity index (χ3n) is 4.27. The molecule has 1 unspecified atom stereocenters. The summed E-state index contributed by atoms with van der Waals surface area (Å²) in [7, 11) is 0. The largest absolute Gasteiger partial charge is 0.396 e. The molecule has 4 heteroatoms. The van der Waals surface area contributed by atoms with Gasteiger partial charge in [-0.3, -0.25) is 4.79 Å². The van der Waals surface area contributed by atoms with Gasteiger partial charge in [-0.15, -0.1) is 0 Å². The van der Waals surface area contributed by atoms with Gasteiger partial charge in [0.2, 0.25) is 5.91 Å². The van der Waals surface area contributed by atoms with E-state index in [1.807, 2.05) is 6.92 Å². The number of amides is 1. The van der Waals surface area contributed by atoms with Crippen LogP contribution >= 0.6 is 0 Å². The Hall–Kier alpha value is -0.610. The van der Waals surface area contributed by atoms with E-state index in [0.717, 1.165) is 12.8 Å². The van der Waals surface area contributed by atoms with Crippen LogP contribution in [-0.4, -0.2) is 37.4 Å². The third kappa shape index (κ3) is 3.19. The molecule has 0 aromatic heterocycles. The number of ether oxygens (including phenoxy) is 1. The van der Waals surface area contributed by atoms with E-state index in [1.165, 1.54) is 12.8 Å². The van der Waals surface area contributed by atoms with Gasteiger partial charge in [0.25, 0.3) is 0 Å². The normalized spacial score (nSPS) is 25.3. The Morgan fingerprint density at radius 1 is 1.47 bits per heavy atom. The first-order chi connectivity index (χ1) is 8.17. The molecule has 1 saturated carbocycles. The molecule has 1 saturated heterocycles. The summed E-state index contributed by atoms with van der Waals surface area (Å²) in [6.07, 6.45) is 4.05. The molecule has 2 N–H and O–H groups in total. The van der Waals surface area contributed by atoms with Crippen LogP contribution in [0.4, 0.5) is 0 Å². The number of carbonyl (C=O) groups excluding carboxylic acids is 1. The van der Waals surface area contributed by atoms with Gasteiger partial charge in [-0.05, 0) is 31.6 Å². The molecule has 1 aliphatic carbocycles. The first kappa shape index (κ1) is 12.8. The summed E-state index contributed by atoms with van der Waals surface area (Å²) in [6.45, 7) is 4.10. The van der Waals surface area contributed by atoms with Gasteiger partial charge in [0.05, 0.1) is 6.61 Å². The summed E-state index contributed by atoms with van der Waals surface area (Å²) in [6, 6.07) is 0. The summed E-state index contributed by atoms with van der Waals surface area (Å²) in [5.41, 5.74) is -0.156. The Morgan fingerprint density at radius 2 is 2.12 bits per heavy atom. The maximum atomic E-state index is 11.9. The molecule has 0 radical (unpaired) electrons. The van der Waals surface area contributed by atoms with Gasteiger partial charge in [-0.2, -0.15) is 0 Å². The molecule has 1 aliphatic heterocycles. The molecule has 1 heterocycles. The van der Waals surface area contributed by atoms with Crippen molar-refractivity contribution in [2.24, 2.45) is 17.3 Å². The van der Waals surface area contributed by atoms with Crippen LogP contribution in [0, 0.1) is 17.3 Å². The molecule has 17 heavy (non-hydrogen) atoms. The van der Waals surface area contributed by atoms with Crippen molar-refractivity contribution < 1.29 is 14.6 Å². The van der Waals surface area contributed by atoms with Crippen molar-refractivity contribution >= 4 is 5.91 Å². The molecule has 2 rings (SSSR count). The van der Waals surface area contributed by atoms with Crippen molar-refractivity contribution in [1.29, 1.82) is 0 Å². The minimum absolute atomic E-state index is 0.130. The van der Waals surface area contributed by atoms with Crippen LogP contribution in [0.3, 0.4) is 0 Å². The molecule has 1 atom stereocenters. The Kier molecular flexibility index (Phi) is 4.05. The van der Waals surface area contributed by atoms with Crippen LogP contribution in [0.25, 0.3) is 0 Å². The number of hydrogen-bond acceptors (Lipinski definition) is 3. The Morgan fingerprint density at radius 3 is 2.65 bits per heavy atom. The van der Waals surface area contributed by atoms with Crippen molar-refractivity contribution in [1.82, 2.24) is 5.32 Å². The second-order valence-corrected chi connectivity index (χ2v) is 5.61. The maximum Gasteiger partial charge on any atom is 0.223 e. The predicted octanol–water partition coefficient (Wildman–Crippen LogP) is 0.938. The van der Waals surface area contributed by atoms with E-state index < -0.39 is 0 Å². The van der Waals surface area contributed by atoms with E-state index in [4.69, 9.17) is 4.74 Å². The number of rotatable bonds is 5. The monoisotopic (exact) mass is 241 g/mol. The van der Waals surface area contributed by atoms with Crippen LogP contribution in [-0.2, 0) is 9.53 Å². The van der Waals surface area contributed by atoms with Crippen LogP contribution in [0.1, 0.15) is 32.6 Å². The molecule has 0 aromatic carbocycles. The smallest absolute Gasteiger partial charge is 0.223 e. The molecular formula is C13H23NO3. The highest BCUT2D eigenvalue weighted by atomic mass is 16.5. The Bertz CT molecular complexity index is 270. The van der Waals surface area contributed by atoms with Crippen molar-refractivity contribution in [3.63, 3.8) is 0 Å². The zero-order chi connectivity index (χ0) is 12.3. The van der Waals surface area contributed by atoms with Gasteiger partial charge in [-0.25, -0.2) is 0 Å². The summed E-state index contributed by atoms with van der Waals surface area (Å²) in [5.74, 6) is 0.868. The lowest BCUT2D eigenvalue weighted by molar-refractivity contribution is -0.126. The first-order valence-corrected chi connectivity index (χ1v) is 6.63. The fourth-order valence-electron chi connectivity index (χ4n) is 2.44. The molecule has 0 aromatic rings. The minimum Gasteiger partial charge on any atom is -0.396 e. The maximum absolute atomic E-state index is 11.9. The SMILES string of the molecule is CC(C(=O)NCC1(CO)CCOCC1)C1CC1. The van der Waals surface area contributed by atoms with Gasteiger partial charge in [0.15, 0.2) is 0 Å². The van der Waals surface area contributed by atoms with Crippen molar-refractivity contribution in [3.05, 3.63) is 0 Å². The minimum atomic E-state index is -0.156. The molecule has 4 nitrogen and oxygen atoms in total. The fraction of sp³-hybridized carbons (Fsp3) is 0.923. The summed E-state index contributed by atoms with van der Waals surface area (Å²) in [4.78, 5) is 11.9. The molecule has 98 valence electrons. The average Bonchev–Trinajstić information content (AvgIpc) is 3.20. The summed E-state index contributed by atoms with van der Waals surface area (Å²) in [5, 5.41) is 12.5. The van der Waals surface area contributed by atoms with Gasteiger partial charge in [0.1, 0.15) is 0 Å². The molecule has 1 amide bonds. The molecular weight excluding hydrogens is 218 g/mol. The van der Waals surface area contributed by atoms with Gasteiger partial charge in [0, 0.05) is 31.1 Å². The van der Waals surface area contributed by atoms with E-state index in [0.29, 0.717) is 25.7 Å². The highest BCUT2D eigenvalue weighted by molar-refractivity contribution is 5.78. The van der Waals surface area contributed by atoms with Crippen LogP contribution < -0.4 is 5.32 Å². The van der Waals surface area contributed by atoms with Gasteiger partial charge < -0.3 is 15.2 Å². The number of hydrogen-bond donors (Lipinski definition) is 2. The molecule has 2 aliphatic rings. The van der Waals surface area contributed by atoms with E-state index >= 15 is 0 Å². The number of aliphatic hydroxyl groups is 1. The summed E-state index contributed by atoms with van der Waals surface area (Å²) >= 11 is 0. The average molecular weight is 241 g/mol. The van der Waals surface area contributed by atoms with E-state index in [9.17, 15) is 9.90 Å². The van der Waals surface area contributed by atoms with Crippen LogP contribution in [0.15, 0.2) is 0 Å². The zero-order valence-corrected chi connectivity index (χ0v) is 10.6. The second kappa shape index (κ2) is 5.36. The van der Waals surface area contributed by atoms with E-state index in [-0.39, 0.29) is 23.8 Å². The van der Waals surface area contributed by atoms with Gasteiger partial charge in [-0.1, -0.05) is 6.92 Å². The standard InChI is InChI=1S/C13H23NO3/c1-10(11-2-3-11)12(16)14-8-13(9-15)4-6-17-7-5-13/h10-11,15H,2-9H2,1H3,(H,14,16). The topological polar surface area (TPSA) is 58.6 Å². The third-order valence-corrected chi connectivity index (χ3v) is 4.27. The van der Waals surface area contributed by atoms with Gasteiger partial charge >= 0.3 is 0 Å². The molecule has 0 bridgehead atoms. The molecule has 2 fully saturated rings. The lowest BCUT2D eigenvalue weighted by atomic mass is 9.81. The molecule has 0 spiro atoms. The van der Waals surface area contributed by atoms with Crippen molar-refractivity contribution in [2.45, 2.75) is 32.6 Å². The quantitative estimate of drug-likeness (QED) is 0.753. The first-order valence-electron chi connectivity index (χ1n) is 6.63. The fourth-order valence-corrected chi connectivity index (χ4v) is 2.44. The highest BCUT2D eigenvalue weighted by Gasteiger charge is 2.35. The zero-order valence-electron chi connectivity index (χ0n) is 10.6. The van der Waals surface area contributed by atoms with Crippen molar-refractivity contribution in [3.8, 4) is 0 Å². The second-order valence-electron chi connectivity index (χ2n) is 5.61. The number of nitrogens with one attached hydrogen (secondary N) is 1. The van der Waals surface area contributed by atoms with E-state index in [1.54, 1.807) is 0 Å². The lowest BCUT2D eigenvalue weighted by Gasteiger charge is -2.35. The van der Waals surface area contributed by atoms with E-state index in [2.05, 4.69) is 5.32 Å².